The standard InChI is InChI=1S/C16H18BrClN2/c17-15-10-13(8-9-16(15)18)20-14(11-19)7-6-12-4-2-1-3-5-12/h1-5,8-10,14,20H,6-7,11,19H2. The molecule has 2 rings (SSSR count). The van der Waals surface area contributed by atoms with Gasteiger partial charge in [0.05, 0.1) is 5.02 Å². The van der Waals surface area contributed by atoms with Crippen molar-refractivity contribution in [2.45, 2.75) is 18.9 Å². The lowest BCUT2D eigenvalue weighted by Gasteiger charge is -2.18. The van der Waals surface area contributed by atoms with E-state index in [1.54, 1.807) is 0 Å². The molecule has 2 nitrogen and oxygen atoms in total. The first kappa shape index (κ1) is 15.4. The summed E-state index contributed by atoms with van der Waals surface area (Å²) in [5.74, 6) is 0. The zero-order valence-electron chi connectivity index (χ0n) is 11.2. The van der Waals surface area contributed by atoms with Gasteiger partial charge in [-0.1, -0.05) is 41.9 Å². The number of hydrogen-bond acceptors (Lipinski definition) is 2. The maximum atomic E-state index is 5.99. The second-order valence-corrected chi connectivity index (χ2v) is 5.99. The fourth-order valence-corrected chi connectivity index (χ4v) is 2.55. The van der Waals surface area contributed by atoms with Gasteiger partial charge >= 0.3 is 0 Å². The molecule has 0 saturated heterocycles. The molecule has 0 saturated carbocycles. The number of aryl methyl sites for hydroxylation is 1. The van der Waals surface area contributed by atoms with Crippen LogP contribution in [0.4, 0.5) is 5.69 Å². The molecule has 20 heavy (non-hydrogen) atoms. The van der Waals surface area contributed by atoms with E-state index in [1.807, 2.05) is 24.3 Å². The molecule has 0 bridgehead atoms. The van der Waals surface area contributed by atoms with Crippen LogP contribution >= 0.6 is 27.5 Å². The quantitative estimate of drug-likeness (QED) is 0.804. The van der Waals surface area contributed by atoms with Crippen LogP contribution in [0.5, 0.6) is 0 Å². The summed E-state index contributed by atoms with van der Waals surface area (Å²) in [5, 5.41) is 4.17. The SMILES string of the molecule is NCC(CCc1ccccc1)Nc1ccc(Cl)c(Br)c1. The molecule has 106 valence electrons. The summed E-state index contributed by atoms with van der Waals surface area (Å²) >= 11 is 9.42. The Hall–Kier alpha value is -1.03. The Morgan fingerprint density at radius 3 is 2.55 bits per heavy atom. The van der Waals surface area contributed by atoms with Gasteiger partial charge in [-0.2, -0.15) is 0 Å². The Labute approximate surface area is 133 Å². The van der Waals surface area contributed by atoms with Gasteiger partial charge in [0.25, 0.3) is 0 Å². The zero-order valence-corrected chi connectivity index (χ0v) is 13.5. The topological polar surface area (TPSA) is 38.0 Å². The van der Waals surface area contributed by atoms with Crippen molar-refractivity contribution in [2.75, 3.05) is 11.9 Å². The maximum absolute atomic E-state index is 5.99. The van der Waals surface area contributed by atoms with E-state index in [0.717, 1.165) is 23.0 Å². The molecule has 0 spiro atoms. The number of nitrogens with one attached hydrogen (secondary N) is 1. The van der Waals surface area contributed by atoms with Gasteiger partial charge in [0.15, 0.2) is 0 Å². The molecule has 1 unspecified atom stereocenters. The van der Waals surface area contributed by atoms with Crippen molar-refractivity contribution in [2.24, 2.45) is 5.73 Å². The lowest BCUT2D eigenvalue weighted by Crippen LogP contribution is -2.29. The highest BCUT2D eigenvalue weighted by Crippen LogP contribution is 2.26. The van der Waals surface area contributed by atoms with Crippen molar-refractivity contribution in [3.05, 3.63) is 63.6 Å². The fraction of sp³-hybridized carbons (Fsp3) is 0.250. The number of hydrogen-bond donors (Lipinski definition) is 2. The van der Waals surface area contributed by atoms with Gasteiger partial charge in [0.2, 0.25) is 0 Å². The smallest absolute Gasteiger partial charge is 0.0549 e. The highest BCUT2D eigenvalue weighted by atomic mass is 79.9. The van der Waals surface area contributed by atoms with Gasteiger partial charge in [-0.15, -0.1) is 0 Å². The van der Waals surface area contributed by atoms with Crippen molar-refractivity contribution in [1.29, 1.82) is 0 Å². The molecule has 0 amide bonds. The summed E-state index contributed by atoms with van der Waals surface area (Å²) in [5.41, 5.74) is 8.22. The van der Waals surface area contributed by atoms with Gasteiger partial charge in [0, 0.05) is 22.7 Å². The Morgan fingerprint density at radius 1 is 1.15 bits per heavy atom. The minimum Gasteiger partial charge on any atom is -0.381 e. The largest absolute Gasteiger partial charge is 0.381 e. The average Bonchev–Trinajstić information content (AvgIpc) is 2.48. The zero-order chi connectivity index (χ0) is 14.4. The van der Waals surface area contributed by atoms with Crippen molar-refractivity contribution in [3.63, 3.8) is 0 Å². The summed E-state index contributed by atoms with van der Waals surface area (Å²) in [7, 11) is 0. The lowest BCUT2D eigenvalue weighted by atomic mass is 10.1. The van der Waals surface area contributed by atoms with Gasteiger partial charge in [0.1, 0.15) is 0 Å². The first-order chi connectivity index (χ1) is 9.69. The number of anilines is 1. The van der Waals surface area contributed by atoms with E-state index < -0.39 is 0 Å². The maximum Gasteiger partial charge on any atom is 0.0549 e. The van der Waals surface area contributed by atoms with Crippen LogP contribution in [0.1, 0.15) is 12.0 Å². The monoisotopic (exact) mass is 352 g/mol. The van der Waals surface area contributed by atoms with Crippen LogP contribution in [0.3, 0.4) is 0 Å². The van der Waals surface area contributed by atoms with Crippen LogP contribution in [-0.2, 0) is 6.42 Å². The molecule has 4 heteroatoms. The first-order valence-electron chi connectivity index (χ1n) is 6.64. The van der Waals surface area contributed by atoms with Gasteiger partial charge < -0.3 is 11.1 Å². The number of rotatable bonds is 6. The van der Waals surface area contributed by atoms with Crippen molar-refractivity contribution >= 4 is 33.2 Å². The highest BCUT2D eigenvalue weighted by Gasteiger charge is 2.08. The molecule has 0 heterocycles. The predicted molar refractivity (Wildman–Crippen MR) is 90.4 cm³/mol. The molecule has 3 N–H and O–H groups in total. The molecule has 0 radical (unpaired) electrons. The molecule has 2 aromatic rings. The summed E-state index contributed by atoms with van der Waals surface area (Å²) < 4.78 is 0.892. The van der Waals surface area contributed by atoms with Crippen LogP contribution in [0, 0.1) is 0 Å². The van der Waals surface area contributed by atoms with Crippen LogP contribution in [0.2, 0.25) is 5.02 Å². The molecule has 2 aromatic carbocycles. The molecular weight excluding hydrogens is 336 g/mol. The average molecular weight is 354 g/mol. The summed E-state index contributed by atoms with van der Waals surface area (Å²) in [4.78, 5) is 0. The molecule has 0 fully saturated rings. The number of halogens is 2. The third-order valence-electron chi connectivity index (χ3n) is 3.20. The summed E-state index contributed by atoms with van der Waals surface area (Å²) in [6.45, 7) is 0.604. The van der Waals surface area contributed by atoms with Gasteiger partial charge in [-0.25, -0.2) is 0 Å². The van der Waals surface area contributed by atoms with E-state index in [1.165, 1.54) is 5.56 Å². The van der Waals surface area contributed by atoms with Crippen molar-refractivity contribution in [3.8, 4) is 0 Å². The summed E-state index contributed by atoms with van der Waals surface area (Å²) in [6, 6.07) is 16.5. The van der Waals surface area contributed by atoms with Crippen LogP contribution in [0.25, 0.3) is 0 Å². The molecule has 0 aromatic heterocycles. The van der Waals surface area contributed by atoms with Crippen molar-refractivity contribution < 1.29 is 0 Å². The van der Waals surface area contributed by atoms with E-state index in [-0.39, 0.29) is 6.04 Å². The Bertz CT molecular complexity index is 545. The number of benzene rings is 2. The second kappa shape index (κ2) is 7.67. The molecular formula is C16H18BrClN2. The molecule has 0 aliphatic carbocycles. The minimum absolute atomic E-state index is 0.253. The Balaban J connectivity index is 1.93. The molecule has 0 aliphatic rings. The number of nitrogens with two attached hydrogens (primary N) is 1. The summed E-state index contributed by atoms with van der Waals surface area (Å²) in [6.07, 6.45) is 2.02. The van der Waals surface area contributed by atoms with Crippen LogP contribution in [-0.4, -0.2) is 12.6 Å². The van der Waals surface area contributed by atoms with Crippen molar-refractivity contribution in [1.82, 2.24) is 0 Å². The van der Waals surface area contributed by atoms with Gasteiger partial charge in [-0.3, -0.25) is 0 Å². The van der Waals surface area contributed by atoms with E-state index >= 15 is 0 Å². The van der Waals surface area contributed by atoms with E-state index in [4.69, 9.17) is 17.3 Å². The molecule has 0 aliphatic heterocycles. The van der Waals surface area contributed by atoms with Crippen LogP contribution < -0.4 is 11.1 Å². The third-order valence-corrected chi connectivity index (χ3v) is 4.41. The van der Waals surface area contributed by atoms with Crippen LogP contribution in [0.15, 0.2) is 53.0 Å². The second-order valence-electron chi connectivity index (χ2n) is 4.73. The fourth-order valence-electron chi connectivity index (χ4n) is 2.06. The Morgan fingerprint density at radius 2 is 1.90 bits per heavy atom. The normalized spacial score (nSPS) is 12.2. The minimum atomic E-state index is 0.253. The van der Waals surface area contributed by atoms with E-state index in [2.05, 4.69) is 45.5 Å². The van der Waals surface area contributed by atoms with Gasteiger partial charge in [-0.05, 0) is 52.5 Å². The Kier molecular flexibility index (Phi) is 5.89. The predicted octanol–water partition coefficient (Wildman–Crippen LogP) is 4.47. The highest BCUT2D eigenvalue weighted by molar-refractivity contribution is 9.10. The molecule has 1 atom stereocenters. The van der Waals surface area contributed by atoms with E-state index in [0.29, 0.717) is 11.6 Å². The third kappa shape index (κ3) is 4.51. The first-order valence-corrected chi connectivity index (χ1v) is 7.81. The lowest BCUT2D eigenvalue weighted by molar-refractivity contribution is 0.660. The van der Waals surface area contributed by atoms with E-state index in [9.17, 15) is 0 Å².